The Labute approximate surface area is 70.0 Å². The molecule has 1 rings (SSSR count). The van der Waals surface area contributed by atoms with Crippen LogP contribution in [0.3, 0.4) is 0 Å². The summed E-state index contributed by atoms with van der Waals surface area (Å²) >= 11 is 3.34. The van der Waals surface area contributed by atoms with Gasteiger partial charge in [0, 0.05) is 18.4 Å². The van der Waals surface area contributed by atoms with Crippen molar-refractivity contribution >= 4 is 15.9 Å². The van der Waals surface area contributed by atoms with Gasteiger partial charge in [-0.3, -0.25) is 0 Å². The maximum Gasteiger partial charge on any atom is 0.157 e. The molecular formula is C7H13BrO2. The molecule has 0 spiro atoms. The third-order valence-electron chi connectivity index (χ3n) is 1.47. The van der Waals surface area contributed by atoms with E-state index in [4.69, 9.17) is 9.47 Å². The van der Waals surface area contributed by atoms with Crippen molar-refractivity contribution in [2.75, 3.05) is 18.5 Å². The van der Waals surface area contributed by atoms with Crippen LogP contribution >= 0.6 is 15.9 Å². The van der Waals surface area contributed by atoms with Crippen molar-refractivity contribution in [3.63, 3.8) is 0 Å². The Kier molecular flexibility index (Phi) is 4.34. The summed E-state index contributed by atoms with van der Waals surface area (Å²) in [7, 11) is 0. The monoisotopic (exact) mass is 208 g/mol. The van der Waals surface area contributed by atoms with Crippen LogP contribution in [0.1, 0.15) is 19.3 Å². The average Bonchev–Trinajstić information content (AvgIpc) is 2.41. The Hall–Kier alpha value is 0.400. The molecule has 0 radical (unpaired) electrons. The van der Waals surface area contributed by atoms with E-state index in [1.54, 1.807) is 0 Å². The van der Waals surface area contributed by atoms with Crippen molar-refractivity contribution in [3.05, 3.63) is 0 Å². The van der Waals surface area contributed by atoms with Crippen LogP contribution in [-0.4, -0.2) is 24.8 Å². The topological polar surface area (TPSA) is 18.5 Å². The first-order valence-corrected chi connectivity index (χ1v) is 4.85. The summed E-state index contributed by atoms with van der Waals surface area (Å²) in [5.41, 5.74) is 0. The van der Waals surface area contributed by atoms with E-state index in [1.165, 1.54) is 0 Å². The van der Waals surface area contributed by atoms with Gasteiger partial charge in [0.1, 0.15) is 0 Å². The van der Waals surface area contributed by atoms with E-state index in [-0.39, 0.29) is 6.29 Å². The van der Waals surface area contributed by atoms with Crippen molar-refractivity contribution in [3.8, 4) is 0 Å². The molecule has 1 saturated heterocycles. The van der Waals surface area contributed by atoms with E-state index >= 15 is 0 Å². The third-order valence-corrected chi connectivity index (χ3v) is 2.03. The number of rotatable bonds is 4. The van der Waals surface area contributed by atoms with E-state index < -0.39 is 0 Å². The van der Waals surface area contributed by atoms with Gasteiger partial charge < -0.3 is 9.47 Å². The van der Waals surface area contributed by atoms with Crippen molar-refractivity contribution in [2.45, 2.75) is 25.6 Å². The summed E-state index contributed by atoms with van der Waals surface area (Å²) in [6.07, 6.45) is 3.39. The van der Waals surface area contributed by atoms with E-state index in [0.717, 1.165) is 37.8 Å². The molecule has 0 aliphatic carbocycles. The molecule has 1 atom stereocenters. The van der Waals surface area contributed by atoms with Crippen molar-refractivity contribution in [1.29, 1.82) is 0 Å². The second-order valence-electron chi connectivity index (χ2n) is 2.36. The summed E-state index contributed by atoms with van der Waals surface area (Å²) in [5.74, 6) is 0. The van der Waals surface area contributed by atoms with E-state index in [2.05, 4.69) is 15.9 Å². The molecule has 1 aliphatic rings. The fourth-order valence-corrected chi connectivity index (χ4v) is 1.18. The van der Waals surface area contributed by atoms with Gasteiger partial charge in [-0.15, -0.1) is 0 Å². The lowest BCUT2D eigenvalue weighted by molar-refractivity contribution is -0.110. The fraction of sp³-hybridized carbons (Fsp3) is 1.00. The molecule has 10 heavy (non-hydrogen) atoms. The SMILES string of the molecule is BrCCCOC1CCCO1. The Morgan fingerprint density at radius 2 is 2.50 bits per heavy atom. The molecule has 1 fully saturated rings. The largest absolute Gasteiger partial charge is 0.353 e. The molecule has 0 saturated carbocycles. The lowest BCUT2D eigenvalue weighted by atomic mass is 10.4. The molecule has 0 aromatic heterocycles. The van der Waals surface area contributed by atoms with E-state index in [1.807, 2.05) is 0 Å². The van der Waals surface area contributed by atoms with Gasteiger partial charge in [-0.05, 0) is 12.8 Å². The molecule has 0 aromatic rings. The van der Waals surface area contributed by atoms with Crippen molar-refractivity contribution in [2.24, 2.45) is 0 Å². The second-order valence-corrected chi connectivity index (χ2v) is 3.15. The Bertz CT molecular complexity index is 81.7. The predicted octanol–water partition coefficient (Wildman–Crippen LogP) is 1.92. The van der Waals surface area contributed by atoms with E-state index in [0.29, 0.717) is 0 Å². The highest BCUT2D eigenvalue weighted by molar-refractivity contribution is 9.09. The Morgan fingerprint density at radius 3 is 3.10 bits per heavy atom. The molecule has 0 aromatic carbocycles. The summed E-state index contributed by atoms with van der Waals surface area (Å²) in [4.78, 5) is 0. The summed E-state index contributed by atoms with van der Waals surface area (Å²) in [6.45, 7) is 1.69. The van der Waals surface area contributed by atoms with Gasteiger partial charge in [0.2, 0.25) is 0 Å². The summed E-state index contributed by atoms with van der Waals surface area (Å²) in [6, 6.07) is 0. The van der Waals surface area contributed by atoms with Crippen LogP contribution < -0.4 is 0 Å². The van der Waals surface area contributed by atoms with Gasteiger partial charge in [0.25, 0.3) is 0 Å². The van der Waals surface area contributed by atoms with Crippen LogP contribution in [0.5, 0.6) is 0 Å². The zero-order valence-electron chi connectivity index (χ0n) is 6.01. The highest BCUT2D eigenvalue weighted by Crippen LogP contribution is 2.12. The van der Waals surface area contributed by atoms with Crippen LogP contribution in [0.15, 0.2) is 0 Å². The summed E-state index contributed by atoms with van der Waals surface area (Å²) in [5, 5.41) is 1.01. The molecule has 0 amide bonds. The smallest absolute Gasteiger partial charge is 0.157 e. The number of alkyl halides is 1. The van der Waals surface area contributed by atoms with Crippen molar-refractivity contribution < 1.29 is 9.47 Å². The van der Waals surface area contributed by atoms with Gasteiger partial charge >= 0.3 is 0 Å². The Morgan fingerprint density at radius 1 is 1.60 bits per heavy atom. The van der Waals surface area contributed by atoms with Crippen LogP contribution in [0.4, 0.5) is 0 Å². The fourth-order valence-electron chi connectivity index (χ4n) is 0.949. The minimum atomic E-state index is 0.0963. The minimum absolute atomic E-state index is 0.0963. The van der Waals surface area contributed by atoms with Crippen molar-refractivity contribution in [1.82, 2.24) is 0 Å². The maximum atomic E-state index is 5.39. The normalized spacial score (nSPS) is 25.5. The first kappa shape index (κ1) is 8.50. The molecule has 1 unspecified atom stereocenters. The van der Waals surface area contributed by atoms with Gasteiger partial charge in [0.15, 0.2) is 6.29 Å². The highest BCUT2D eigenvalue weighted by atomic mass is 79.9. The van der Waals surface area contributed by atoms with Crippen LogP contribution in [0, 0.1) is 0 Å². The zero-order valence-corrected chi connectivity index (χ0v) is 7.60. The van der Waals surface area contributed by atoms with Gasteiger partial charge in [-0.2, -0.15) is 0 Å². The molecule has 0 N–H and O–H groups in total. The molecule has 2 nitrogen and oxygen atoms in total. The zero-order chi connectivity index (χ0) is 7.23. The molecule has 3 heteroatoms. The lowest BCUT2D eigenvalue weighted by Gasteiger charge is -2.09. The molecule has 1 heterocycles. The quantitative estimate of drug-likeness (QED) is 0.520. The lowest BCUT2D eigenvalue weighted by Crippen LogP contribution is -2.11. The van der Waals surface area contributed by atoms with Crippen LogP contribution in [-0.2, 0) is 9.47 Å². The number of ether oxygens (including phenoxy) is 2. The van der Waals surface area contributed by atoms with E-state index in [9.17, 15) is 0 Å². The van der Waals surface area contributed by atoms with Gasteiger partial charge in [0.05, 0.1) is 6.61 Å². The van der Waals surface area contributed by atoms with Crippen LogP contribution in [0.2, 0.25) is 0 Å². The number of hydrogen-bond donors (Lipinski definition) is 0. The predicted molar refractivity (Wildman–Crippen MR) is 43.3 cm³/mol. The Balaban J connectivity index is 1.91. The molecule has 0 bridgehead atoms. The van der Waals surface area contributed by atoms with Gasteiger partial charge in [-0.1, -0.05) is 15.9 Å². The number of hydrogen-bond acceptors (Lipinski definition) is 2. The third kappa shape index (κ3) is 2.99. The van der Waals surface area contributed by atoms with Gasteiger partial charge in [-0.25, -0.2) is 0 Å². The average molecular weight is 209 g/mol. The molecular weight excluding hydrogens is 196 g/mol. The highest BCUT2D eigenvalue weighted by Gasteiger charge is 2.14. The summed E-state index contributed by atoms with van der Waals surface area (Å²) < 4.78 is 10.7. The minimum Gasteiger partial charge on any atom is -0.353 e. The molecule has 60 valence electrons. The number of halogens is 1. The maximum absolute atomic E-state index is 5.39. The van der Waals surface area contributed by atoms with Crippen LogP contribution in [0.25, 0.3) is 0 Å². The first-order chi connectivity index (χ1) is 4.93. The first-order valence-electron chi connectivity index (χ1n) is 3.72. The standard InChI is InChI=1S/C7H13BrO2/c8-4-2-6-10-7-3-1-5-9-7/h7H,1-6H2. The molecule has 1 aliphatic heterocycles. The second kappa shape index (κ2) is 5.10.